The molecule has 0 bridgehead atoms. The first-order valence-electron chi connectivity index (χ1n) is 12.2. The molecule has 6 rings (SSSR count). The van der Waals surface area contributed by atoms with Crippen LogP contribution >= 0.6 is 0 Å². The van der Waals surface area contributed by atoms with Crippen molar-refractivity contribution in [3.05, 3.63) is 120 Å². The predicted molar refractivity (Wildman–Crippen MR) is 149 cm³/mol. The molecule has 0 unspecified atom stereocenters. The smallest absolute Gasteiger partial charge is 0.261 e. The monoisotopic (exact) mass is 467 g/mol. The zero-order valence-electron chi connectivity index (χ0n) is 20.2. The summed E-state index contributed by atoms with van der Waals surface area (Å²) in [6.45, 7) is 3.78. The van der Waals surface area contributed by atoms with Crippen LogP contribution in [0, 0.1) is 0 Å². The van der Waals surface area contributed by atoms with Crippen molar-refractivity contribution in [3.8, 4) is 0 Å². The minimum atomic E-state index is -0.319. The van der Waals surface area contributed by atoms with E-state index in [4.69, 9.17) is 0 Å². The Morgan fingerprint density at radius 3 is 1.22 bits per heavy atom. The number of rotatable bonds is 3. The number of amides is 2. The molecular weight excluding hydrogens is 442 g/mol. The Labute approximate surface area is 209 Å². The van der Waals surface area contributed by atoms with Crippen LogP contribution in [0.4, 0.5) is 0 Å². The Hall–Kier alpha value is -4.50. The zero-order chi connectivity index (χ0) is 24.8. The van der Waals surface area contributed by atoms with Crippen molar-refractivity contribution in [1.82, 2.24) is 4.90 Å². The Balaban J connectivity index is 1.56. The van der Waals surface area contributed by atoms with Gasteiger partial charge >= 0.3 is 0 Å². The van der Waals surface area contributed by atoms with E-state index in [-0.39, 0.29) is 17.9 Å². The lowest BCUT2D eigenvalue weighted by molar-refractivity contribution is 0.0572. The van der Waals surface area contributed by atoms with E-state index in [1.165, 1.54) is 4.90 Å². The number of hydrogen-bond acceptors (Lipinski definition) is 2. The molecule has 0 aliphatic heterocycles. The van der Waals surface area contributed by atoms with Gasteiger partial charge in [-0.1, -0.05) is 97.1 Å². The fourth-order valence-electron chi connectivity index (χ4n) is 5.28. The van der Waals surface area contributed by atoms with E-state index in [1.807, 2.05) is 111 Å². The molecule has 0 spiro atoms. The van der Waals surface area contributed by atoms with Crippen LogP contribution in [-0.4, -0.2) is 22.8 Å². The zero-order valence-corrected chi connectivity index (χ0v) is 20.2. The first-order valence-corrected chi connectivity index (χ1v) is 12.2. The van der Waals surface area contributed by atoms with Crippen molar-refractivity contribution in [3.63, 3.8) is 0 Å². The molecule has 0 atom stereocenters. The molecule has 0 aliphatic carbocycles. The molecule has 3 nitrogen and oxygen atoms in total. The molecule has 36 heavy (non-hydrogen) atoms. The van der Waals surface area contributed by atoms with Gasteiger partial charge in [-0.25, -0.2) is 0 Å². The molecule has 0 saturated carbocycles. The third-order valence-electron chi connectivity index (χ3n) is 6.95. The second kappa shape index (κ2) is 8.62. The van der Waals surface area contributed by atoms with Crippen LogP contribution in [0.2, 0.25) is 0 Å². The second-order valence-corrected chi connectivity index (χ2v) is 9.46. The van der Waals surface area contributed by atoms with E-state index in [1.54, 1.807) is 0 Å². The predicted octanol–water partition coefficient (Wildman–Crippen LogP) is 7.99. The molecule has 0 fully saturated rings. The molecule has 6 aromatic rings. The SMILES string of the molecule is CC(C)N(C(=O)c1cc2ccccc2c2ccccc12)C(=O)c1cc2ccccc2c2ccccc12. The molecule has 0 aromatic heterocycles. The van der Waals surface area contributed by atoms with E-state index >= 15 is 0 Å². The first-order chi connectivity index (χ1) is 17.5. The summed E-state index contributed by atoms with van der Waals surface area (Å²) in [6, 6.07) is 35.5. The van der Waals surface area contributed by atoms with Crippen molar-refractivity contribution < 1.29 is 9.59 Å². The van der Waals surface area contributed by atoms with E-state index < -0.39 is 0 Å². The average molecular weight is 468 g/mol. The topological polar surface area (TPSA) is 37.4 Å². The summed E-state index contributed by atoms with van der Waals surface area (Å²) < 4.78 is 0. The number of fused-ring (bicyclic) bond motifs is 6. The molecule has 6 aromatic carbocycles. The van der Waals surface area contributed by atoms with Crippen LogP contribution in [-0.2, 0) is 0 Å². The van der Waals surface area contributed by atoms with E-state index in [0.29, 0.717) is 11.1 Å². The first kappa shape index (κ1) is 22.0. The molecule has 0 aliphatic rings. The molecular formula is C33H25NO2. The summed E-state index contributed by atoms with van der Waals surface area (Å²) in [5.74, 6) is -0.566. The van der Waals surface area contributed by atoms with Crippen molar-refractivity contribution in [2.75, 3.05) is 0 Å². The van der Waals surface area contributed by atoms with Gasteiger partial charge in [0.05, 0.1) is 0 Å². The molecule has 3 heteroatoms. The van der Waals surface area contributed by atoms with Crippen LogP contribution in [0.1, 0.15) is 34.6 Å². The van der Waals surface area contributed by atoms with Crippen molar-refractivity contribution in [1.29, 1.82) is 0 Å². The third-order valence-corrected chi connectivity index (χ3v) is 6.95. The minimum absolute atomic E-state index is 0.283. The lowest BCUT2D eigenvalue weighted by atomic mass is 9.94. The van der Waals surface area contributed by atoms with Crippen LogP contribution in [0.5, 0.6) is 0 Å². The Morgan fingerprint density at radius 1 is 0.500 bits per heavy atom. The van der Waals surface area contributed by atoms with Crippen molar-refractivity contribution in [2.45, 2.75) is 19.9 Å². The number of nitrogens with zero attached hydrogens (tertiary/aromatic N) is 1. The normalized spacial score (nSPS) is 11.5. The summed E-state index contributed by atoms with van der Waals surface area (Å²) in [5.41, 5.74) is 1.08. The second-order valence-electron chi connectivity index (χ2n) is 9.46. The quantitative estimate of drug-likeness (QED) is 0.195. The van der Waals surface area contributed by atoms with Gasteiger partial charge in [0.25, 0.3) is 11.8 Å². The molecule has 0 N–H and O–H groups in total. The van der Waals surface area contributed by atoms with Gasteiger partial charge in [-0.3, -0.25) is 14.5 Å². The fourth-order valence-corrected chi connectivity index (χ4v) is 5.28. The highest BCUT2D eigenvalue weighted by Crippen LogP contribution is 2.32. The molecule has 0 heterocycles. The number of carbonyl (C=O) groups excluding carboxylic acids is 2. The number of hydrogen-bond donors (Lipinski definition) is 0. The van der Waals surface area contributed by atoms with Gasteiger partial charge in [0.2, 0.25) is 0 Å². The van der Waals surface area contributed by atoms with Crippen molar-refractivity contribution >= 4 is 54.9 Å². The van der Waals surface area contributed by atoms with Gasteiger partial charge in [0, 0.05) is 17.2 Å². The molecule has 174 valence electrons. The Kier molecular flexibility index (Phi) is 5.26. The lowest BCUT2D eigenvalue weighted by Gasteiger charge is -2.26. The van der Waals surface area contributed by atoms with Gasteiger partial charge in [0.1, 0.15) is 0 Å². The standard InChI is InChI=1S/C33H25NO2/c1-21(2)34(32(35)30-19-22-11-3-5-13-24(22)26-15-7-9-17-28(26)30)33(36)31-20-23-12-4-6-14-25(23)27-16-8-10-18-29(27)31/h3-21H,1-2H3. The number of carbonyl (C=O) groups is 2. The molecule has 2 amide bonds. The summed E-state index contributed by atoms with van der Waals surface area (Å²) in [6.07, 6.45) is 0. The van der Waals surface area contributed by atoms with Gasteiger partial charge in [-0.2, -0.15) is 0 Å². The highest BCUT2D eigenvalue weighted by molar-refractivity contribution is 6.24. The van der Waals surface area contributed by atoms with Crippen LogP contribution in [0.15, 0.2) is 109 Å². The third kappa shape index (κ3) is 3.44. The van der Waals surface area contributed by atoms with E-state index in [9.17, 15) is 9.59 Å². The van der Waals surface area contributed by atoms with Gasteiger partial charge in [-0.15, -0.1) is 0 Å². The van der Waals surface area contributed by atoms with Gasteiger partial charge in [0.15, 0.2) is 0 Å². The Bertz CT molecular complexity index is 1690. The maximum Gasteiger partial charge on any atom is 0.261 e. The summed E-state index contributed by atoms with van der Waals surface area (Å²) in [4.78, 5) is 29.7. The maximum atomic E-state index is 14.2. The van der Waals surface area contributed by atoms with E-state index in [0.717, 1.165) is 43.1 Å². The van der Waals surface area contributed by atoms with Gasteiger partial charge in [-0.05, 0) is 69.1 Å². The van der Waals surface area contributed by atoms with Crippen LogP contribution < -0.4 is 0 Å². The van der Waals surface area contributed by atoms with Gasteiger partial charge < -0.3 is 0 Å². The highest BCUT2D eigenvalue weighted by Gasteiger charge is 2.29. The summed E-state index contributed by atoms with van der Waals surface area (Å²) in [7, 11) is 0. The fraction of sp³-hybridized carbons (Fsp3) is 0.0909. The molecule has 0 saturated heterocycles. The average Bonchev–Trinajstić information content (AvgIpc) is 2.92. The van der Waals surface area contributed by atoms with E-state index in [2.05, 4.69) is 12.1 Å². The van der Waals surface area contributed by atoms with Crippen molar-refractivity contribution in [2.24, 2.45) is 0 Å². The molecule has 0 radical (unpaired) electrons. The largest absolute Gasteiger partial charge is 0.272 e. The summed E-state index contributed by atoms with van der Waals surface area (Å²) in [5, 5.41) is 7.85. The number of benzene rings is 6. The lowest BCUT2D eigenvalue weighted by Crippen LogP contribution is -2.42. The van der Waals surface area contributed by atoms with Crippen LogP contribution in [0.25, 0.3) is 43.1 Å². The maximum absolute atomic E-state index is 14.2. The van der Waals surface area contributed by atoms with Crippen LogP contribution in [0.3, 0.4) is 0 Å². The summed E-state index contributed by atoms with van der Waals surface area (Å²) >= 11 is 0. The Morgan fingerprint density at radius 2 is 0.833 bits per heavy atom. The minimum Gasteiger partial charge on any atom is -0.272 e. The number of imide groups is 1. The highest BCUT2D eigenvalue weighted by atomic mass is 16.2.